The molecule has 1 unspecified atom stereocenters. The van der Waals surface area contributed by atoms with Gasteiger partial charge >= 0.3 is 5.97 Å². The highest BCUT2D eigenvalue weighted by Crippen LogP contribution is 2.35. The first-order valence-corrected chi connectivity index (χ1v) is 5.50. The minimum atomic E-state index is -0.863. The van der Waals surface area contributed by atoms with Gasteiger partial charge in [-0.15, -0.1) is 11.3 Å². The molecule has 1 aromatic rings. The Hall–Kier alpha value is -0.290. The van der Waals surface area contributed by atoms with Gasteiger partial charge in [-0.25, -0.2) is 0 Å². The van der Waals surface area contributed by atoms with E-state index in [-0.39, 0.29) is 12.5 Å². The fourth-order valence-electron chi connectivity index (χ4n) is 1.04. The van der Waals surface area contributed by atoms with Crippen molar-refractivity contribution < 1.29 is 9.90 Å². The van der Waals surface area contributed by atoms with Crippen molar-refractivity contribution in [1.29, 1.82) is 0 Å². The third-order valence-corrected chi connectivity index (χ3v) is 3.27. The smallest absolute Gasteiger partial charge is 0.303 e. The lowest BCUT2D eigenvalue weighted by Gasteiger charge is -2.08. The Kier molecular flexibility index (Phi) is 4.19. The molecule has 0 aliphatic carbocycles. The van der Waals surface area contributed by atoms with E-state index in [4.69, 9.17) is 34.0 Å². The maximum absolute atomic E-state index is 10.3. The van der Waals surface area contributed by atoms with Crippen LogP contribution in [0.3, 0.4) is 0 Å². The lowest BCUT2D eigenvalue weighted by molar-refractivity contribution is -0.137. The Morgan fingerprint density at radius 1 is 1.64 bits per heavy atom. The molecule has 0 bridgehead atoms. The van der Waals surface area contributed by atoms with Crippen LogP contribution < -0.4 is 5.73 Å². The summed E-state index contributed by atoms with van der Waals surface area (Å²) in [7, 11) is 0. The van der Waals surface area contributed by atoms with Crippen LogP contribution in [0.5, 0.6) is 0 Å². The average molecular weight is 254 g/mol. The summed E-state index contributed by atoms with van der Waals surface area (Å²) < 4.78 is 1.10. The molecule has 6 heteroatoms. The molecule has 0 fully saturated rings. The summed E-state index contributed by atoms with van der Waals surface area (Å²) in [5.74, 6) is -0.863. The molecule has 0 amide bonds. The lowest BCUT2D eigenvalue weighted by Crippen LogP contribution is -2.11. The number of hydrogen-bond acceptors (Lipinski definition) is 3. The van der Waals surface area contributed by atoms with E-state index in [9.17, 15) is 4.79 Å². The van der Waals surface area contributed by atoms with Crippen LogP contribution in [0.15, 0.2) is 6.07 Å². The molecule has 1 aromatic heterocycles. The van der Waals surface area contributed by atoms with Crippen molar-refractivity contribution in [3.05, 3.63) is 20.3 Å². The van der Waals surface area contributed by atoms with Crippen molar-refractivity contribution in [2.45, 2.75) is 18.9 Å². The number of carbonyl (C=O) groups is 1. The van der Waals surface area contributed by atoms with Gasteiger partial charge in [-0.2, -0.15) is 0 Å². The highest BCUT2D eigenvalue weighted by Gasteiger charge is 2.14. The Labute approximate surface area is 95.4 Å². The number of hydrogen-bond donors (Lipinski definition) is 2. The van der Waals surface area contributed by atoms with Crippen LogP contribution in [0.1, 0.15) is 24.4 Å². The van der Waals surface area contributed by atoms with E-state index in [1.54, 1.807) is 6.07 Å². The fourth-order valence-corrected chi connectivity index (χ4v) is 2.64. The first-order chi connectivity index (χ1) is 6.50. The van der Waals surface area contributed by atoms with E-state index in [1.807, 2.05) is 0 Å². The predicted molar refractivity (Wildman–Crippen MR) is 58.1 cm³/mol. The normalized spacial score (nSPS) is 12.8. The second kappa shape index (κ2) is 4.98. The maximum atomic E-state index is 10.3. The van der Waals surface area contributed by atoms with Crippen molar-refractivity contribution >= 4 is 40.5 Å². The van der Waals surface area contributed by atoms with E-state index >= 15 is 0 Å². The summed E-state index contributed by atoms with van der Waals surface area (Å²) in [6, 6.07) is 1.32. The van der Waals surface area contributed by atoms with Crippen molar-refractivity contribution in [3.8, 4) is 0 Å². The van der Waals surface area contributed by atoms with Gasteiger partial charge in [-0.3, -0.25) is 4.79 Å². The molecular formula is C8H9Cl2NO2S. The average Bonchev–Trinajstić information content (AvgIpc) is 2.41. The number of aliphatic carboxylic acids is 1. The largest absolute Gasteiger partial charge is 0.481 e. The molecule has 78 valence electrons. The number of carboxylic acid groups (broad SMARTS) is 1. The van der Waals surface area contributed by atoms with Crippen LogP contribution in [0.2, 0.25) is 8.67 Å². The zero-order valence-corrected chi connectivity index (χ0v) is 9.49. The van der Waals surface area contributed by atoms with Crippen LogP contribution in [-0.2, 0) is 4.79 Å². The van der Waals surface area contributed by atoms with Gasteiger partial charge in [0, 0.05) is 12.5 Å². The van der Waals surface area contributed by atoms with Gasteiger partial charge in [0.15, 0.2) is 0 Å². The number of halogens is 2. The molecule has 0 radical (unpaired) electrons. The fraction of sp³-hybridized carbons (Fsp3) is 0.375. The molecule has 0 aliphatic rings. The molecule has 1 rings (SSSR count). The first-order valence-electron chi connectivity index (χ1n) is 3.93. The molecule has 14 heavy (non-hydrogen) atoms. The van der Waals surface area contributed by atoms with E-state index < -0.39 is 5.97 Å². The van der Waals surface area contributed by atoms with Crippen LogP contribution in [0.4, 0.5) is 0 Å². The van der Waals surface area contributed by atoms with Crippen molar-refractivity contribution in [2.75, 3.05) is 0 Å². The van der Waals surface area contributed by atoms with Gasteiger partial charge in [0.25, 0.3) is 0 Å². The summed E-state index contributed by atoms with van der Waals surface area (Å²) in [4.78, 5) is 10.3. The summed E-state index contributed by atoms with van der Waals surface area (Å²) in [6.07, 6.45) is 0.396. The lowest BCUT2D eigenvalue weighted by atomic mass is 10.1. The Morgan fingerprint density at radius 2 is 2.29 bits per heavy atom. The minimum Gasteiger partial charge on any atom is -0.481 e. The van der Waals surface area contributed by atoms with Crippen molar-refractivity contribution in [1.82, 2.24) is 0 Å². The van der Waals surface area contributed by atoms with Gasteiger partial charge < -0.3 is 10.8 Å². The second-order valence-electron chi connectivity index (χ2n) is 2.82. The minimum absolute atomic E-state index is 0.0327. The second-order valence-corrected chi connectivity index (χ2v) is 5.10. The molecule has 0 aliphatic heterocycles. The molecule has 3 N–H and O–H groups in total. The molecule has 0 saturated carbocycles. The molecule has 0 spiro atoms. The van der Waals surface area contributed by atoms with E-state index in [0.717, 1.165) is 5.56 Å². The monoisotopic (exact) mass is 253 g/mol. The summed E-state index contributed by atoms with van der Waals surface area (Å²) in [6.45, 7) is 0. The van der Waals surface area contributed by atoms with Gasteiger partial charge in [0.2, 0.25) is 0 Å². The van der Waals surface area contributed by atoms with Crippen LogP contribution in [0, 0.1) is 0 Å². The van der Waals surface area contributed by atoms with Crippen molar-refractivity contribution in [3.63, 3.8) is 0 Å². The standard InChI is InChI=1S/C8H9Cl2NO2S/c9-6-3-4(8(10)14-6)5(11)1-2-7(12)13/h3,5H,1-2,11H2,(H,12,13). The molecule has 0 saturated heterocycles. The zero-order chi connectivity index (χ0) is 10.7. The summed E-state index contributed by atoms with van der Waals surface area (Å²) in [5, 5.41) is 8.47. The van der Waals surface area contributed by atoms with E-state index in [0.29, 0.717) is 15.1 Å². The third kappa shape index (κ3) is 3.13. The van der Waals surface area contributed by atoms with Crippen LogP contribution in [0.25, 0.3) is 0 Å². The maximum Gasteiger partial charge on any atom is 0.303 e. The topological polar surface area (TPSA) is 63.3 Å². The highest BCUT2D eigenvalue weighted by atomic mass is 35.5. The number of rotatable bonds is 4. The molecule has 1 heterocycles. The number of carboxylic acids is 1. The number of thiophene rings is 1. The first kappa shape index (κ1) is 11.8. The summed E-state index contributed by atoms with van der Waals surface area (Å²) in [5.41, 5.74) is 6.48. The Bertz CT molecular complexity index is 340. The van der Waals surface area contributed by atoms with Crippen LogP contribution in [-0.4, -0.2) is 11.1 Å². The van der Waals surface area contributed by atoms with Crippen molar-refractivity contribution in [2.24, 2.45) is 5.73 Å². The van der Waals surface area contributed by atoms with Gasteiger partial charge in [-0.05, 0) is 18.1 Å². The van der Waals surface area contributed by atoms with E-state index in [1.165, 1.54) is 11.3 Å². The van der Waals surface area contributed by atoms with Gasteiger partial charge in [0.05, 0.1) is 8.67 Å². The Morgan fingerprint density at radius 3 is 2.71 bits per heavy atom. The summed E-state index contributed by atoms with van der Waals surface area (Å²) >= 11 is 12.8. The molecule has 3 nitrogen and oxygen atoms in total. The van der Waals surface area contributed by atoms with Crippen LogP contribution >= 0.6 is 34.5 Å². The molecule has 1 atom stereocenters. The van der Waals surface area contributed by atoms with E-state index in [2.05, 4.69) is 0 Å². The zero-order valence-electron chi connectivity index (χ0n) is 7.17. The number of nitrogens with two attached hydrogens (primary N) is 1. The third-order valence-electron chi connectivity index (χ3n) is 1.75. The van der Waals surface area contributed by atoms with Gasteiger partial charge in [-0.1, -0.05) is 23.2 Å². The SMILES string of the molecule is NC(CCC(=O)O)c1cc(Cl)sc1Cl. The molecular weight excluding hydrogens is 245 g/mol. The quantitative estimate of drug-likeness (QED) is 0.868. The predicted octanol–water partition coefficient (Wildman–Crippen LogP) is 2.92. The highest BCUT2D eigenvalue weighted by molar-refractivity contribution is 7.20. The van der Waals surface area contributed by atoms with Gasteiger partial charge in [0.1, 0.15) is 0 Å². The molecule has 0 aromatic carbocycles. The Balaban J connectivity index is 2.64.